The van der Waals surface area contributed by atoms with Gasteiger partial charge in [-0.15, -0.1) is 4.98 Å². The first kappa shape index (κ1) is 24.1. The van der Waals surface area contributed by atoms with E-state index in [1.807, 2.05) is 12.1 Å². The second-order valence-electron chi connectivity index (χ2n) is 8.49. The van der Waals surface area contributed by atoms with Crippen LogP contribution in [0.5, 0.6) is 0 Å². The summed E-state index contributed by atoms with van der Waals surface area (Å²) < 4.78 is 29.0. The van der Waals surface area contributed by atoms with E-state index >= 15 is 0 Å². The highest BCUT2D eigenvalue weighted by Crippen LogP contribution is 2.34. The van der Waals surface area contributed by atoms with E-state index in [9.17, 15) is 18.0 Å². The van der Waals surface area contributed by atoms with Crippen molar-refractivity contribution >= 4 is 27.7 Å². The molecule has 0 saturated heterocycles. The molecule has 0 fully saturated rings. The molecule has 1 N–H and O–H groups in total. The first-order valence-electron chi connectivity index (χ1n) is 10.9. The van der Waals surface area contributed by atoms with Crippen LogP contribution in [-0.4, -0.2) is 54.0 Å². The molecule has 1 aromatic carbocycles. The molecular weight excluding hydrogens is 468 g/mol. The number of carbonyl (C=O) groups is 2. The van der Waals surface area contributed by atoms with Crippen molar-refractivity contribution in [1.29, 1.82) is 0 Å². The average molecular weight is 493 g/mol. The van der Waals surface area contributed by atoms with E-state index in [-0.39, 0.29) is 17.9 Å². The van der Waals surface area contributed by atoms with Crippen LogP contribution >= 0.6 is 0 Å². The normalized spacial score (nSPS) is 12.6. The van der Waals surface area contributed by atoms with Crippen LogP contribution in [0.15, 0.2) is 41.6 Å². The summed E-state index contributed by atoms with van der Waals surface area (Å²) in [5.41, 5.74) is 4.49. The zero-order valence-electron chi connectivity index (χ0n) is 19.6. The third-order valence-corrected chi connectivity index (χ3v) is 7.16. The molecule has 0 aliphatic heterocycles. The lowest BCUT2D eigenvalue weighted by molar-refractivity contribution is -0.118. The van der Waals surface area contributed by atoms with Crippen molar-refractivity contribution in [1.82, 2.24) is 24.4 Å². The molecule has 35 heavy (non-hydrogen) atoms. The number of hydrogen-bond acceptors (Lipinski definition) is 6. The Kier molecular flexibility index (Phi) is 6.41. The summed E-state index contributed by atoms with van der Waals surface area (Å²) in [5, 5.41) is 3.51. The molecule has 1 aliphatic rings. The topological polar surface area (TPSA) is 119 Å². The number of nitrogens with zero attached hydrogens (tertiary/aromatic N) is 5. The molecule has 4 rings (SSSR count). The van der Waals surface area contributed by atoms with Crippen LogP contribution in [0.2, 0.25) is 0 Å². The molecule has 0 spiro atoms. The Balaban J connectivity index is 1.64. The minimum Gasteiger partial charge on any atom is -0.361 e. The van der Waals surface area contributed by atoms with Gasteiger partial charge in [0.25, 0.3) is 21.7 Å². The molecular formula is C24H24N6O4S. The van der Waals surface area contributed by atoms with Crippen LogP contribution in [0.1, 0.15) is 33.6 Å². The highest BCUT2D eigenvalue weighted by Gasteiger charge is 2.27. The van der Waals surface area contributed by atoms with Crippen LogP contribution < -0.4 is 4.72 Å². The van der Waals surface area contributed by atoms with Gasteiger partial charge in [0.1, 0.15) is 11.9 Å². The molecule has 0 bridgehead atoms. The molecule has 1 aliphatic carbocycles. The number of sulfonamides is 1. The maximum Gasteiger partial charge on any atom is 0.283 e. The van der Waals surface area contributed by atoms with E-state index < -0.39 is 26.9 Å². The van der Waals surface area contributed by atoms with Gasteiger partial charge in [0.05, 0.1) is 6.42 Å². The Bertz CT molecular complexity index is 1480. The predicted octanol–water partition coefficient (Wildman–Crippen LogP) is 2.27. The molecule has 180 valence electrons. The monoisotopic (exact) mass is 492 g/mol. The number of fused-ring (bicyclic) bond motifs is 1. The quantitative estimate of drug-likeness (QED) is 0.528. The first-order chi connectivity index (χ1) is 16.6. The van der Waals surface area contributed by atoms with Gasteiger partial charge in [-0.2, -0.15) is 13.5 Å². The second-order valence-corrected chi connectivity index (χ2v) is 10.1. The summed E-state index contributed by atoms with van der Waals surface area (Å²) in [7, 11) is 0.260. The van der Waals surface area contributed by atoms with Gasteiger partial charge in [0, 0.05) is 27.2 Å². The lowest BCUT2D eigenvalue weighted by Gasteiger charge is -2.15. The van der Waals surface area contributed by atoms with Gasteiger partial charge < -0.3 is 9.74 Å². The Morgan fingerprint density at radius 3 is 2.69 bits per heavy atom. The first-order valence-corrected chi connectivity index (χ1v) is 12.4. The van der Waals surface area contributed by atoms with Crippen molar-refractivity contribution in [3.05, 3.63) is 70.3 Å². The molecule has 2 amide bonds. The van der Waals surface area contributed by atoms with E-state index in [0.717, 1.165) is 53.1 Å². The Labute approximate surface area is 203 Å². The molecule has 0 radical (unpaired) electrons. The SMILES string of the molecule is [C-]#[N+]c1cc(-c2ccc3c(c2CC(=O)NS(=O)(=O)c2cc(C(=O)N(C)C)n(C)n2)CCC3)ccn1. The van der Waals surface area contributed by atoms with E-state index in [0.29, 0.717) is 0 Å². The highest BCUT2D eigenvalue weighted by atomic mass is 32.2. The second kappa shape index (κ2) is 9.31. The number of amides is 2. The van der Waals surface area contributed by atoms with Gasteiger partial charge in [-0.25, -0.2) is 4.72 Å². The maximum atomic E-state index is 13.0. The van der Waals surface area contributed by atoms with Gasteiger partial charge in [0.15, 0.2) is 5.03 Å². The lowest BCUT2D eigenvalue weighted by atomic mass is 9.91. The summed E-state index contributed by atoms with van der Waals surface area (Å²) in [6.45, 7) is 7.24. The van der Waals surface area contributed by atoms with Crippen molar-refractivity contribution in [2.45, 2.75) is 30.7 Å². The van der Waals surface area contributed by atoms with Crippen LogP contribution in [0.4, 0.5) is 5.82 Å². The van der Waals surface area contributed by atoms with E-state index in [1.54, 1.807) is 26.2 Å². The van der Waals surface area contributed by atoms with Crippen molar-refractivity contribution < 1.29 is 18.0 Å². The standard InChI is InChI=1S/C24H24N6O4S/c1-25-21-12-16(10-11-26-21)18-9-8-15-6-5-7-17(15)19(18)13-22(31)28-35(33,34)23-14-20(30(4)27-23)24(32)29(2)3/h8-12,14H,5-7,13H2,2-4H3,(H,28,31). The third-order valence-electron chi connectivity index (χ3n) is 5.92. The van der Waals surface area contributed by atoms with E-state index in [4.69, 9.17) is 6.57 Å². The Hall–Kier alpha value is -4.04. The number of aromatic nitrogens is 3. The summed E-state index contributed by atoms with van der Waals surface area (Å²) in [6.07, 6.45) is 4.01. The number of carbonyl (C=O) groups excluding carboxylic acids is 2. The zero-order valence-corrected chi connectivity index (χ0v) is 20.4. The summed E-state index contributed by atoms with van der Waals surface area (Å²) in [4.78, 5) is 33.9. The minimum absolute atomic E-state index is 0.0827. The minimum atomic E-state index is -4.29. The number of hydrogen-bond donors (Lipinski definition) is 1. The molecule has 3 aromatic rings. The Morgan fingerprint density at radius 1 is 1.20 bits per heavy atom. The fraction of sp³-hybridized carbons (Fsp3) is 0.292. The van der Waals surface area contributed by atoms with Crippen molar-refractivity contribution in [2.24, 2.45) is 7.05 Å². The van der Waals surface area contributed by atoms with Gasteiger partial charge in [0.2, 0.25) is 5.91 Å². The van der Waals surface area contributed by atoms with Crippen LogP contribution in [0.3, 0.4) is 0 Å². The largest absolute Gasteiger partial charge is 0.361 e. The number of rotatable bonds is 6. The predicted molar refractivity (Wildman–Crippen MR) is 128 cm³/mol. The smallest absolute Gasteiger partial charge is 0.283 e. The fourth-order valence-corrected chi connectivity index (χ4v) is 5.24. The summed E-state index contributed by atoms with van der Waals surface area (Å²) in [6, 6.07) is 8.49. The number of pyridine rings is 1. The lowest BCUT2D eigenvalue weighted by Crippen LogP contribution is -2.32. The fourth-order valence-electron chi connectivity index (χ4n) is 4.26. The Morgan fingerprint density at radius 2 is 1.97 bits per heavy atom. The average Bonchev–Trinajstić information content (AvgIpc) is 3.45. The molecule has 0 unspecified atom stereocenters. The highest BCUT2D eigenvalue weighted by molar-refractivity contribution is 7.90. The van der Waals surface area contributed by atoms with Crippen molar-refractivity contribution in [2.75, 3.05) is 14.1 Å². The van der Waals surface area contributed by atoms with Gasteiger partial charge >= 0.3 is 0 Å². The van der Waals surface area contributed by atoms with Crippen LogP contribution in [-0.2, 0) is 41.1 Å². The molecule has 2 heterocycles. The number of aryl methyl sites for hydroxylation is 2. The summed E-state index contributed by atoms with van der Waals surface area (Å²) >= 11 is 0. The van der Waals surface area contributed by atoms with Crippen LogP contribution in [0.25, 0.3) is 16.0 Å². The van der Waals surface area contributed by atoms with Crippen molar-refractivity contribution in [3.8, 4) is 11.1 Å². The molecule has 2 aromatic heterocycles. The zero-order chi connectivity index (χ0) is 25.3. The van der Waals surface area contributed by atoms with E-state index in [1.165, 1.54) is 22.8 Å². The molecule has 0 atom stereocenters. The van der Waals surface area contributed by atoms with Gasteiger partial charge in [-0.3, -0.25) is 14.3 Å². The maximum absolute atomic E-state index is 13.0. The molecule has 10 nitrogen and oxygen atoms in total. The third kappa shape index (κ3) is 4.79. The van der Waals surface area contributed by atoms with Gasteiger partial charge in [-0.1, -0.05) is 18.7 Å². The van der Waals surface area contributed by atoms with E-state index in [2.05, 4.69) is 19.6 Å². The summed E-state index contributed by atoms with van der Waals surface area (Å²) in [5.74, 6) is -0.884. The van der Waals surface area contributed by atoms with Gasteiger partial charge in [-0.05, 0) is 59.2 Å². The number of nitrogens with one attached hydrogen (secondary N) is 1. The van der Waals surface area contributed by atoms with Crippen LogP contribution in [0, 0.1) is 6.57 Å². The molecule has 11 heteroatoms. The number of benzene rings is 1. The van der Waals surface area contributed by atoms with Crippen molar-refractivity contribution in [3.63, 3.8) is 0 Å². The molecule has 0 saturated carbocycles.